The van der Waals surface area contributed by atoms with Crippen LogP contribution in [0, 0.1) is 0 Å². The molecule has 3 nitrogen and oxygen atoms in total. The summed E-state index contributed by atoms with van der Waals surface area (Å²) in [6.45, 7) is 2.81. The largest absolute Gasteiger partial charge is 0.369 e. The fraction of sp³-hybridized carbons (Fsp3) is 0.667. The zero-order valence-electron chi connectivity index (χ0n) is 6.59. The van der Waals surface area contributed by atoms with Gasteiger partial charge in [-0.15, -0.1) is 0 Å². The maximum Gasteiger partial charge on any atom is 0.194 e. The maximum atomic E-state index is 4.84. The van der Waals surface area contributed by atoms with Gasteiger partial charge in [-0.1, -0.05) is 0 Å². The van der Waals surface area contributed by atoms with Crippen LogP contribution in [0.5, 0.6) is 0 Å². The zero-order valence-corrected chi connectivity index (χ0v) is 7.40. The molecule has 0 amide bonds. The van der Waals surface area contributed by atoms with E-state index >= 15 is 0 Å². The van der Waals surface area contributed by atoms with Gasteiger partial charge in [-0.3, -0.25) is 0 Å². The number of thiocarbonyl (C=S) groups is 1. The van der Waals surface area contributed by atoms with Gasteiger partial charge in [-0.25, -0.2) is 4.99 Å². The quantitative estimate of drug-likeness (QED) is 0.360. The molecular weight excluding hydrogens is 146 g/mol. The van der Waals surface area contributed by atoms with E-state index in [-0.39, 0.29) is 0 Å². The SMILES string of the molecule is CCNC(=S)/N=C/N(C)C. The first kappa shape index (κ1) is 9.36. The smallest absolute Gasteiger partial charge is 0.194 e. The molecule has 1 N–H and O–H groups in total. The standard InChI is InChI=1S/C6H13N3S/c1-4-7-6(10)8-5-9(2)3/h5H,4H2,1-3H3,(H,7,10)/b8-5+. The second kappa shape index (κ2) is 5.17. The second-order valence-corrected chi connectivity index (χ2v) is 2.43. The fourth-order valence-electron chi connectivity index (χ4n) is 0.365. The summed E-state index contributed by atoms with van der Waals surface area (Å²) in [6, 6.07) is 0. The Balaban J connectivity index is 3.56. The molecule has 0 aromatic heterocycles. The van der Waals surface area contributed by atoms with Gasteiger partial charge in [0.15, 0.2) is 5.11 Å². The predicted octanol–water partition coefficient (Wildman–Crippen LogP) is 0.471. The van der Waals surface area contributed by atoms with E-state index < -0.39 is 0 Å². The number of hydrogen-bond acceptors (Lipinski definition) is 1. The summed E-state index contributed by atoms with van der Waals surface area (Å²) < 4.78 is 0. The van der Waals surface area contributed by atoms with Gasteiger partial charge >= 0.3 is 0 Å². The minimum Gasteiger partial charge on any atom is -0.369 e. The van der Waals surface area contributed by atoms with Crippen LogP contribution in [0.1, 0.15) is 6.92 Å². The molecule has 0 fully saturated rings. The molecule has 0 aromatic rings. The molecule has 0 aliphatic heterocycles. The van der Waals surface area contributed by atoms with Crippen LogP contribution in [0.25, 0.3) is 0 Å². The van der Waals surface area contributed by atoms with Crippen molar-refractivity contribution in [2.45, 2.75) is 6.92 Å². The number of nitrogens with zero attached hydrogens (tertiary/aromatic N) is 2. The van der Waals surface area contributed by atoms with Crippen LogP contribution in [-0.4, -0.2) is 37.0 Å². The molecular formula is C6H13N3S. The Morgan fingerprint density at radius 3 is 2.70 bits per heavy atom. The molecule has 0 spiro atoms. The first-order valence-electron chi connectivity index (χ1n) is 3.15. The van der Waals surface area contributed by atoms with Crippen molar-refractivity contribution in [1.29, 1.82) is 0 Å². The molecule has 0 aliphatic carbocycles. The van der Waals surface area contributed by atoms with Crippen LogP contribution in [0.4, 0.5) is 0 Å². The highest BCUT2D eigenvalue weighted by molar-refractivity contribution is 7.80. The maximum absolute atomic E-state index is 4.84. The van der Waals surface area contributed by atoms with Gasteiger partial charge in [-0.2, -0.15) is 0 Å². The summed E-state index contributed by atoms with van der Waals surface area (Å²) in [4.78, 5) is 5.77. The van der Waals surface area contributed by atoms with Gasteiger partial charge in [0.1, 0.15) is 0 Å². The summed E-state index contributed by atoms with van der Waals surface area (Å²) in [7, 11) is 3.80. The zero-order chi connectivity index (χ0) is 7.98. The highest BCUT2D eigenvalue weighted by Crippen LogP contribution is 1.74. The van der Waals surface area contributed by atoms with Crippen LogP contribution in [0.15, 0.2) is 4.99 Å². The number of rotatable bonds is 2. The Morgan fingerprint density at radius 2 is 2.30 bits per heavy atom. The molecule has 10 heavy (non-hydrogen) atoms. The summed E-state index contributed by atoms with van der Waals surface area (Å²) >= 11 is 4.84. The first-order valence-corrected chi connectivity index (χ1v) is 3.56. The van der Waals surface area contributed by atoms with E-state index in [9.17, 15) is 0 Å². The third kappa shape index (κ3) is 5.50. The van der Waals surface area contributed by atoms with Crippen molar-refractivity contribution < 1.29 is 0 Å². The Morgan fingerprint density at radius 1 is 1.70 bits per heavy atom. The van der Waals surface area contributed by atoms with Crippen LogP contribution < -0.4 is 5.32 Å². The third-order valence-electron chi connectivity index (χ3n) is 0.734. The molecule has 4 heteroatoms. The van der Waals surface area contributed by atoms with Crippen LogP contribution in [-0.2, 0) is 0 Å². The van der Waals surface area contributed by atoms with Crippen molar-refractivity contribution in [3.05, 3.63) is 0 Å². The molecule has 0 aliphatic rings. The minimum absolute atomic E-state index is 0.538. The van der Waals surface area contributed by atoms with Gasteiger partial charge in [0.25, 0.3) is 0 Å². The van der Waals surface area contributed by atoms with Crippen molar-refractivity contribution in [2.75, 3.05) is 20.6 Å². The number of nitrogens with one attached hydrogen (secondary N) is 1. The van der Waals surface area contributed by atoms with Crippen molar-refractivity contribution in [3.8, 4) is 0 Å². The van der Waals surface area contributed by atoms with E-state index in [1.807, 2.05) is 25.9 Å². The summed E-state index contributed by atoms with van der Waals surface area (Å²) in [5, 5.41) is 3.45. The lowest BCUT2D eigenvalue weighted by Crippen LogP contribution is -2.20. The van der Waals surface area contributed by atoms with Crippen molar-refractivity contribution >= 4 is 23.7 Å². The van der Waals surface area contributed by atoms with Crippen LogP contribution in [0.2, 0.25) is 0 Å². The average Bonchev–Trinajstić information content (AvgIpc) is 1.85. The van der Waals surface area contributed by atoms with E-state index in [2.05, 4.69) is 10.3 Å². The molecule has 0 unspecified atom stereocenters. The second-order valence-electron chi connectivity index (χ2n) is 2.04. The van der Waals surface area contributed by atoms with Crippen molar-refractivity contribution in [1.82, 2.24) is 10.2 Å². The molecule has 0 aromatic carbocycles. The van der Waals surface area contributed by atoms with Gasteiger partial charge in [-0.05, 0) is 19.1 Å². The Kier molecular flexibility index (Phi) is 4.84. The van der Waals surface area contributed by atoms with E-state index in [0.717, 1.165) is 6.54 Å². The molecule has 0 heterocycles. The van der Waals surface area contributed by atoms with Crippen LogP contribution in [0.3, 0.4) is 0 Å². The van der Waals surface area contributed by atoms with Crippen molar-refractivity contribution in [3.63, 3.8) is 0 Å². The lowest BCUT2D eigenvalue weighted by Gasteiger charge is -2.02. The van der Waals surface area contributed by atoms with Gasteiger partial charge in [0, 0.05) is 20.6 Å². The number of aliphatic imine (C=N–C) groups is 1. The minimum atomic E-state index is 0.538. The normalized spacial score (nSPS) is 9.90. The summed E-state index contributed by atoms with van der Waals surface area (Å²) in [6.07, 6.45) is 1.67. The van der Waals surface area contributed by atoms with E-state index in [0.29, 0.717) is 5.11 Å². The molecule has 0 bridgehead atoms. The highest BCUT2D eigenvalue weighted by atomic mass is 32.1. The van der Waals surface area contributed by atoms with Gasteiger partial charge in [0.05, 0.1) is 6.34 Å². The first-order chi connectivity index (χ1) is 4.66. The topological polar surface area (TPSA) is 27.6 Å². The predicted molar refractivity (Wildman–Crippen MR) is 48.5 cm³/mol. The molecule has 0 saturated heterocycles. The van der Waals surface area contributed by atoms with E-state index in [1.165, 1.54) is 0 Å². The molecule has 0 saturated carbocycles. The summed E-state index contributed by atoms with van der Waals surface area (Å²) in [5.74, 6) is 0. The fourth-order valence-corrected chi connectivity index (χ4v) is 0.556. The van der Waals surface area contributed by atoms with Crippen LogP contribution >= 0.6 is 12.2 Å². The Labute approximate surface area is 67.1 Å². The van der Waals surface area contributed by atoms with E-state index in [4.69, 9.17) is 12.2 Å². The monoisotopic (exact) mass is 159 g/mol. The van der Waals surface area contributed by atoms with Gasteiger partial charge in [0.2, 0.25) is 0 Å². The molecule has 58 valence electrons. The molecule has 0 rings (SSSR count). The molecule has 0 radical (unpaired) electrons. The Bertz CT molecular complexity index is 131. The van der Waals surface area contributed by atoms with E-state index in [1.54, 1.807) is 6.34 Å². The van der Waals surface area contributed by atoms with Crippen molar-refractivity contribution in [2.24, 2.45) is 4.99 Å². The lowest BCUT2D eigenvalue weighted by atomic mass is 10.7. The highest BCUT2D eigenvalue weighted by Gasteiger charge is 1.85. The lowest BCUT2D eigenvalue weighted by molar-refractivity contribution is 0.643. The molecule has 0 atom stereocenters. The third-order valence-corrected chi connectivity index (χ3v) is 0.984. The van der Waals surface area contributed by atoms with Gasteiger partial charge < -0.3 is 10.2 Å². The number of hydrogen-bond donors (Lipinski definition) is 1. The Hall–Kier alpha value is -0.640. The average molecular weight is 159 g/mol. The summed E-state index contributed by atoms with van der Waals surface area (Å²) in [5.41, 5.74) is 0.